The van der Waals surface area contributed by atoms with Crippen LogP contribution < -0.4 is 14.8 Å². The molecule has 0 radical (unpaired) electrons. The predicted octanol–water partition coefficient (Wildman–Crippen LogP) is 1.34. The third kappa shape index (κ3) is 3.97. The summed E-state index contributed by atoms with van der Waals surface area (Å²) in [4.78, 5) is 17.6. The minimum atomic E-state index is -0.441. The Hall–Kier alpha value is -2.43. The van der Waals surface area contributed by atoms with Crippen LogP contribution in [-0.2, 0) is 6.42 Å². The van der Waals surface area contributed by atoms with Gasteiger partial charge in [0.25, 0.3) is 5.69 Å². The number of rotatable bonds is 4. The molecule has 3 heterocycles. The number of aromatic nitrogens is 2. The van der Waals surface area contributed by atoms with Crippen molar-refractivity contribution in [2.75, 3.05) is 39.9 Å². The standard InChI is InChI=1S/C16H19N5O5.ClH/c1-20-3-2-17-9-12(20)16-18-15(26-19-16)7-10-6-13-14(25-5-4-24-13)8-11(10)21(22)23;/h6,8,12,17H,2-5,7,9H2,1H3;1H. The summed E-state index contributed by atoms with van der Waals surface area (Å²) in [6.07, 6.45) is 0.157. The van der Waals surface area contributed by atoms with Gasteiger partial charge in [-0.2, -0.15) is 4.98 Å². The van der Waals surface area contributed by atoms with Crippen molar-refractivity contribution in [1.29, 1.82) is 0 Å². The normalized spacial score (nSPS) is 19.4. The second-order valence-corrected chi connectivity index (χ2v) is 6.31. The smallest absolute Gasteiger partial charge is 0.277 e. The molecule has 1 aromatic heterocycles. The summed E-state index contributed by atoms with van der Waals surface area (Å²) < 4.78 is 16.3. The quantitative estimate of drug-likeness (QED) is 0.602. The van der Waals surface area contributed by atoms with Gasteiger partial charge in [0.2, 0.25) is 5.89 Å². The number of likely N-dealkylation sites (N-methyl/N-ethyl adjacent to an activating group) is 1. The summed E-state index contributed by atoms with van der Waals surface area (Å²) in [6.45, 7) is 3.33. The van der Waals surface area contributed by atoms with Crippen LogP contribution >= 0.6 is 12.4 Å². The van der Waals surface area contributed by atoms with Crippen molar-refractivity contribution in [3.63, 3.8) is 0 Å². The van der Waals surface area contributed by atoms with Crippen LogP contribution in [0.3, 0.4) is 0 Å². The van der Waals surface area contributed by atoms with Crippen molar-refractivity contribution in [3.05, 3.63) is 39.5 Å². The van der Waals surface area contributed by atoms with E-state index in [0.29, 0.717) is 42.0 Å². The molecule has 1 unspecified atom stereocenters. The molecule has 1 atom stereocenters. The topological polar surface area (TPSA) is 116 Å². The highest BCUT2D eigenvalue weighted by Crippen LogP contribution is 2.37. The maximum absolute atomic E-state index is 11.4. The first kappa shape index (κ1) is 19.3. The average molecular weight is 398 g/mol. The molecule has 146 valence electrons. The van der Waals surface area contributed by atoms with Crippen molar-refractivity contribution in [2.24, 2.45) is 0 Å². The Bertz CT molecular complexity index is 830. The van der Waals surface area contributed by atoms with Gasteiger partial charge in [0.15, 0.2) is 17.3 Å². The molecule has 2 aromatic rings. The molecule has 0 amide bonds. The van der Waals surface area contributed by atoms with Gasteiger partial charge in [0.1, 0.15) is 13.2 Å². The van der Waals surface area contributed by atoms with Crippen LogP contribution in [0.15, 0.2) is 16.7 Å². The molecule has 2 aliphatic rings. The second-order valence-electron chi connectivity index (χ2n) is 6.31. The first-order chi connectivity index (χ1) is 12.6. The Morgan fingerprint density at radius 3 is 2.78 bits per heavy atom. The zero-order chi connectivity index (χ0) is 18.1. The van der Waals surface area contributed by atoms with Gasteiger partial charge >= 0.3 is 0 Å². The minimum absolute atomic E-state index is 0. The fourth-order valence-corrected chi connectivity index (χ4v) is 3.16. The molecule has 0 saturated carbocycles. The number of nitro groups is 1. The van der Waals surface area contributed by atoms with Crippen molar-refractivity contribution in [2.45, 2.75) is 12.5 Å². The van der Waals surface area contributed by atoms with Gasteiger partial charge in [0, 0.05) is 25.2 Å². The zero-order valence-electron chi connectivity index (χ0n) is 14.7. The molecule has 27 heavy (non-hydrogen) atoms. The summed E-state index contributed by atoms with van der Waals surface area (Å²) in [5.74, 6) is 1.79. The lowest BCUT2D eigenvalue weighted by Crippen LogP contribution is -2.44. The highest BCUT2D eigenvalue weighted by atomic mass is 35.5. The number of nitrogens with one attached hydrogen (secondary N) is 1. The van der Waals surface area contributed by atoms with Crippen LogP contribution in [0.4, 0.5) is 5.69 Å². The first-order valence-electron chi connectivity index (χ1n) is 8.42. The molecule has 1 N–H and O–H groups in total. The van der Waals surface area contributed by atoms with E-state index in [1.807, 2.05) is 7.05 Å². The molecule has 0 bridgehead atoms. The molecule has 1 saturated heterocycles. The van der Waals surface area contributed by atoms with Crippen LogP contribution in [0.2, 0.25) is 0 Å². The number of halogens is 1. The highest BCUT2D eigenvalue weighted by Gasteiger charge is 2.27. The van der Waals surface area contributed by atoms with E-state index < -0.39 is 4.92 Å². The third-order valence-electron chi connectivity index (χ3n) is 4.57. The Balaban J connectivity index is 0.00000210. The molecule has 1 fully saturated rings. The summed E-state index contributed by atoms with van der Waals surface area (Å²) in [5.41, 5.74) is 0.398. The van der Waals surface area contributed by atoms with E-state index >= 15 is 0 Å². The van der Waals surface area contributed by atoms with Gasteiger partial charge in [-0.25, -0.2) is 0 Å². The summed E-state index contributed by atoms with van der Waals surface area (Å²) in [7, 11) is 2.01. The average Bonchev–Trinajstić information content (AvgIpc) is 3.09. The van der Waals surface area contributed by atoms with Crippen LogP contribution in [0.25, 0.3) is 0 Å². The van der Waals surface area contributed by atoms with Gasteiger partial charge in [-0.15, -0.1) is 12.4 Å². The highest BCUT2D eigenvalue weighted by molar-refractivity contribution is 5.85. The number of hydrogen-bond donors (Lipinski definition) is 1. The van der Waals surface area contributed by atoms with Crippen LogP contribution in [0.5, 0.6) is 11.5 Å². The summed E-state index contributed by atoms with van der Waals surface area (Å²) >= 11 is 0. The van der Waals surface area contributed by atoms with Crippen LogP contribution in [-0.4, -0.2) is 59.9 Å². The molecular weight excluding hydrogens is 378 g/mol. The van der Waals surface area contributed by atoms with Gasteiger partial charge in [-0.05, 0) is 13.1 Å². The molecule has 1 aromatic carbocycles. The fourth-order valence-electron chi connectivity index (χ4n) is 3.16. The number of benzene rings is 1. The molecule has 11 heteroatoms. The zero-order valence-corrected chi connectivity index (χ0v) is 15.5. The lowest BCUT2D eigenvalue weighted by Gasteiger charge is -2.30. The van der Waals surface area contributed by atoms with E-state index in [2.05, 4.69) is 20.4 Å². The van der Waals surface area contributed by atoms with Crippen LogP contribution in [0.1, 0.15) is 23.3 Å². The Morgan fingerprint density at radius 1 is 1.33 bits per heavy atom. The Labute approximate surface area is 161 Å². The number of piperazine rings is 1. The molecule has 0 aliphatic carbocycles. The number of fused-ring (bicyclic) bond motifs is 1. The molecule has 2 aliphatic heterocycles. The van der Waals surface area contributed by atoms with Gasteiger partial charge in [-0.3, -0.25) is 15.0 Å². The maximum atomic E-state index is 11.4. The van der Waals surface area contributed by atoms with E-state index in [-0.39, 0.29) is 30.6 Å². The molecule has 4 rings (SSSR count). The van der Waals surface area contributed by atoms with Gasteiger partial charge in [-0.1, -0.05) is 5.16 Å². The maximum Gasteiger partial charge on any atom is 0.277 e. The van der Waals surface area contributed by atoms with E-state index in [1.165, 1.54) is 6.07 Å². The lowest BCUT2D eigenvalue weighted by atomic mass is 10.1. The molecular formula is C16H20ClN5O5. The van der Waals surface area contributed by atoms with Crippen molar-refractivity contribution >= 4 is 18.1 Å². The number of nitro benzene ring substituents is 1. The van der Waals surface area contributed by atoms with Crippen LogP contribution in [0, 0.1) is 10.1 Å². The predicted molar refractivity (Wildman–Crippen MR) is 96.7 cm³/mol. The van der Waals surface area contributed by atoms with E-state index in [9.17, 15) is 10.1 Å². The third-order valence-corrected chi connectivity index (χ3v) is 4.57. The summed E-state index contributed by atoms with van der Waals surface area (Å²) in [6, 6.07) is 3.03. The second kappa shape index (κ2) is 8.07. The fraction of sp³-hybridized carbons (Fsp3) is 0.500. The van der Waals surface area contributed by atoms with E-state index in [1.54, 1.807) is 6.07 Å². The largest absolute Gasteiger partial charge is 0.486 e. The number of ether oxygens (including phenoxy) is 2. The molecule has 0 spiro atoms. The number of nitrogens with zero attached hydrogens (tertiary/aromatic N) is 4. The Morgan fingerprint density at radius 2 is 2.07 bits per heavy atom. The minimum Gasteiger partial charge on any atom is -0.486 e. The first-order valence-corrected chi connectivity index (χ1v) is 8.42. The van der Waals surface area contributed by atoms with Gasteiger partial charge < -0.3 is 19.3 Å². The lowest BCUT2D eigenvalue weighted by molar-refractivity contribution is -0.385. The van der Waals surface area contributed by atoms with Crippen molar-refractivity contribution in [1.82, 2.24) is 20.4 Å². The van der Waals surface area contributed by atoms with E-state index in [4.69, 9.17) is 14.0 Å². The van der Waals surface area contributed by atoms with E-state index in [0.717, 1.165) is 19.6 Å². The molecule has 10 nitrogen and oxygen atoms in total. The van der Waals surface area contributed by atoms with Crippen molar-refractivity contribution < 1.29 is 18.9 Å². The van der Waals surface area contributed by atoms with Gasteiger partial charge in [0.05, 0.1) is 23.5 Å². The Kier molecular flexibility index (Phi) is 5.78. The van der Waals surface area contributed by atoms with Crippen molar-refractivity contribution in [3.8, 4) is 11.5 Å². The monoisotopic (exact) mass is 397 g/mol. The number of hydrogen-bond acceptors (Lipinski definition) is 9. The SMILES string of the molecule is CN1CCNCC1c1noc(Cc2cc3c(cc2[N+](=O)[O-])OCCO3)n1.Cl. The summed E-state index contributed by atoms with van der Waals surface area (Å²) in [5, 5.41) is 18.8.